The fraction of sp³-hybridized carbons (Fsp3) is 0.750. The van der Waals surface area contributed by atoms with Crippen LogP contribution in [0.5, 0.6) is 0 Å². The number of hydrogen-bond acceptors (Lipinski definition) is 3. The van der Waals surface area contributed by atoms with Crippen LogP contribution in [-0.2, 0) is 14.3 Å². The number of methoxy groups -OCH3 is 1. The molecule has 0 radical (unpaired) electrons. The van der Waals surface area contributed by atoms with Crippen molar-refractivity contribution < 1.29 is 18.7 Å². The quantitative estimate of drug-likeness (QED) is 0.541. The first-order valence-electron chi connectivity index (χ1n) is 4.17. The second-order valence-electron chi connectivity index (χ2n) is 3.05. The van der Waals surface area contributed by atoms with Gasteiger partial charge in [0.2, 0.25) is 5.91 Å². The number of ether oxygens (including phenoxy) is 1. The Morgan fingerprint density at radius 3 is 2.79 bits per heavy atom. The van der Waals surface area contributed by atoms with E-state index >= 15 is 0 Å². The largest absolute Gasteiger partial charge is 0.467 e. The fourth-order valence-corrected chi connectivity index (χ4v) is 1.82. The van der Waals surface area contributed by atoms with Crippen LogP contribution in [0.4, 0.5) is 4.39 Å². The van der Waals surface area contributed by atoms with Crippen molar-refractivity contribution in [3.8, 4) is 0 Å². The van der Waals surface area contributed by atoms with Crippen LogP contribution in [0, 0.1) is 0 Å². The van der Waals surface area contributed by atoms with E-state index in [1.807, 2.05) is 0 Å². The predicted octanol–water partition coefficient (Wildman–Crippen LogP) is 0.493. The SMILES string of the molecule is COC(=O)[C@@H]1CC(F)CN1C(=O)CBr. The van der Waals surface area contributed by atoms with E-state index < -0.39 is 18.2 Å². The van der Waals surface area contributed by atoms with Gasteiger partial charge in [0.15, 0.2) is 0 Å². The number of halogens is 2. The van der Waals surface area contributed by atoms with E-state index in [0.717, 1.165) is 0 Å². The van der Waals surface area contributed by atoms with Crippen molar-refractivity contribution in [3.63, 3.8) is 0 Å². The van der Waals surface area contributed by atoms with Gasteiger partial charge in [-0.25, -0.2) is 9.18 Å². The van der Waals surface area contributed by atoms with E-state index in [0.29, 0.717) is 0 Å². The lowest BCUT2D eigenvalue weighted by Gasteiger charge is -2.20. The van der Waals surface area contributed by atoms with Crippen LogP contribution >= 0.6 is 15.9 Å². The summed E-state index contributed by atoms with van der Waals surface area (Å²) in [5.74, 6) is -0.847. The van der Waals surface area contributed by atoms with Gasteiger partial charge in [-0.05, 0) is 0 Å². The first kappa shape index (κ1) is 11.4. The summed E-state index contributed by atoms with van der Waals surface area (Å²) in [5, 5.41) is 0.0905. The maximum absolute atomic E-state index is 13.0. The standard InChI is InChI=1S/C8H11BrFNO3/c1-14-8(13)6-2-5(10)4-11(6)7(12)3-9/h5-6H,2-4H2,1H3/t5?,6-/m0/s1. The summed E-state index contributed by atoms with van der Waals surface area (Å²) in [5.41, 5.74) is 0. The van der Waals surface area contributed by atoms with Crippen LogP contribution < -0.4 is 0 Å². The van der Waals surface area contributed by atoms with Crippen molar-refractivity contribution in [1.29, 1.82) is 0 Å². The van der Waals surface area contributed by atoms with Crippen LogP contribution in [0.15, 0.2) is 0 Å². The van der Waals surface area contributed by atoms with Gasteiger partial charge in [0, 0.05) is 6.42 Å². The molecule has 1 amide bonds. The molecule has 0 spiro atoms. The van der Waals surface area contributed by atoms with E-state index in [9.17, 15) is 14.0 Å². The van der Waals surface area contributed by atoms with Gasteiger partial charge in [0.25, 0.3) is 0 Å². The van der Waals surface area contributed by atoms with Crippen LogP contribution in [0.3, 0.4) is 0 Å². The second kappa shape index (κ2) is 4.72. The topological polar surface area (TPSA) is 46.6 Å². The molecule has 1 fully saturated rings. The number of hydrogen-bond donors (Lipinski definition) is 0. The first-order chi connectivity index (χ1) is 6.60. The summed E-state index contributed by atoms with van der Waals surface area (Å²) in [6, 6.07) is -0.764. The number of nitrogens with zero attached hydrogens (tertiary/aromatic N) is 1. The molecule has 1 unspecified atom stereocenters. The summed E-state index contributed by atoms with van der Waals surface area (Å²) >= 11 is 2.98. The normalized spacial score (nSPS) is 26.4. The Morgan fingerprint density at radius 1 is 1.64 bits per heavy atom. The Hall–Kier alpha value is -0.650. The molecule has 0 aromatic heterocycles. The summed E-state index contributed by atoms with van der Waals surface area (Å²) in [6.07, 6.45) is -1.10. The van der Waals surface area contributed by atoms with Crippen LogP contribution in [-0.4, -0.2) is 48.0 Å². The minimum atomic E-state index is -1.14. The molecule has 0 aliphatic carbocycles. The first-order valence-corrected chi connectivity index (χ1v) is 5.29. The predicted molar refractivity (Wildman–Crippen MR) is 50.8 cm³/mol. The molecule has 6 heteroatoms. The Bertz CT molecular complexity index is 225. The zero-order valence-corrected chi connectivity index (χ0v) is 9.29. The molecule has 1 heterocycles. The molecule has 80 valence electrons. The second-order valence-corrected chi connectivity index (χ2v) is 3.61. The Balaban J connectivity index is 2.72. The summed E-state index contributed by atoms with van der Waals surface area (Å²) in [7, 11) is 1.23. The molecule has 0 aromatic rings. The highest BCUT2D eigenvalue weighted by molar-refractivity contribution is 9.09. The molecule has 0 saturated carbocycles. The van der Waals surface area contributed by atoms with Crippen molar-refractivity contribution in [1.82, 2.24) is 4.90 Å². The Morgan fingerprint density at radius 2 is 2.29 bits per heavy atom. The van der Waals surface area contributed by atoms with Gasteiger partial charge in [-0.1, -0.05) is 15.9 Å². The molecule has 14 heavy (non-hydrogen) atoms. The molecule has 1 aliphatic heterocycles. The molecular formula is C8H11BrFNO3. The van der Waals surface area contributed by atoms with Crippen molar-refractivity contribution in [2.75, 3.05) is 19.0 Å². The number of rotatable bonds is 2. The van der Waals surface area contributed by atoms with Gasteiger partial charge in [0.05, 0.1) is 19.0 Å². The third kappa shape index (κ3) is 2.23. The Kier molecular flexibility index (Phi) is 3.86. The highest BCUT2D eigenvalue weighted by Crippen LogP contribution is 2.21. The molecule has 4 nitrogen and oxygen atoms in total. The number of esters is 1. The van der Waals surface area contributed by atoms with Crippen molar-refractivity contribution in [2.45, 2.75) is 18.6 Å². The van der Waals surface area contributed by atoms with Gasteiger partial charge in [-0.15, -0.1) is 0 Å². The average molecular weight is 268 g/mol. The third-order valence-corrected chi connectivity index (χ3v) is 2.64. The van der Waals surface area contributed by atoms with Crippen LogP contribution in [0.2, 0.25) is 0 Å². The van der Waals surface area contributed by atoms with Crippen molar-refractivity contribution in [2.24, 2.45) is 0 Å². The number of amides is 1. The van der Waals surface area contributed by atoms with E-state index in [-0.39, 0.29) is 24.2 Å². The number of likely N-dealkylation sites (tertiary alicyclic amines) is 1. The molecular weight excluding hydrogens is 257 g/mol. The van der Waals surface area contributed by atoms with Gasteiger partial charge in [-0.2, -0.15) is 0 Å². The van der Waals surface area contributed by atoms with Crippen LogP contribution in [0.1, 0.15) is 6.42 Å². The van der Waals surface area contributed by atoms with E-state index in [1.165, 1.54) is 12.0 Å². The highest BCUT2D eigenvalue weighted by atomic mass is 79.9. The fourth-order valence-electron chi connectivity index (χ4n) is 1.50. The van der Waals surface area contributed by atoms with Gasteiger partial charge >= 0.3 is 5.97 Å². The third-order valence-electron chi connectivity index (χ3n) is 2.16. The molecule has 1 rings (SSSR count). The van der Waals surface area contributed by atoms with Crippen LogP contribution in [0.25, 0.3) is 0 Å². The van der Waals surface area contributed by atoms with Gasteiger partial charge in [0.1, 0.15) is 12.2 Å². The maximum atomic E-state index is 13.0. The zero-order chi connectivity index (χ0) is 10.7. The molecule has 2 atom stereocenters. The highest BCUT2D eigenvalue weighted by Gasteiger charge is 2.39. The van der Waals surface area contributed by atoms with E-state index in [4.69, 9.17) is 0 Å². The van der Waals surface area contributed by atoms with E-state index in [1.54, 1.807) is 0 Å². The minimum absolute atomic E-state index is 0.0236. The summed E-state index contributed by atoms with van der Waals surface area (Å²) < 4.78 is 17.5. The minimum Gasteiger partial charge on any atom is -0.467 e. The number of carbonyl (C=O) groups is 2. The van der Waals surface area contributed by atoms with Gasteiger partial charge < -0.3 is 9.64 Å². The molecule has 1 aliphatic rings. The molecule has 0 aromatic carbocycles. The maximum Gasteiger partial charge on any atom is 0.328 e. The number of carbonyl (C=O) groups excluding carboxylic acids is 2. The van der Waals surface area contributed by atoms with Crippen molar-refractivity contribution >= 4 is 27.8 Å². The molecule has 1 saturated heterocycles. The summed E-state index contributed by atoms with van der Waals surface area (Å²) in [6.45, 7) is -0.0236. The Labute approximate surface area is 89.5 Å². The number of alkyl halides is 2. The lowest BCUT2D eigenvalue weighted by atomic mass is 10.2. The summed E-state index contributed by atoms with van der Waals surface area (Å²) in [4.78, 5) is 23.7. The zero-order valence-electron chi connectivity index (χ0n) is 7.70. The van der Waals surface area contributed by atoms with Crippen molar-refractivity contribution in [3.05, 3.63) is 0 Å². The molecule has 0 bridgehead atoms. The average Bonchev–Trinajstić information content (AvgIpc) is 2.58. The van der Waals surface area contributed by atoms with Gasteiger partial charge in [-0.3, -0.25) is 4.79 Å². The molecule has 0 N–H and O–H groups in total. The van der Waals surface area contributed by atoms with E-state index in [2.05, 4.69) is 20.7 Å². The lowest BCUT2D eigenvalue weighted by Crippen LogP contribution is -2.41. The monoisotopic (exact) mass is 267 g/mol. The smallest absolute Gasteiger partial charge is 0.328 e. The lowest BCUT2D eigenvalue weighted by molar-refractivity contribution is -0.150.